The average molecular weight is 150 g/mol. The van der Waals surface area contributed by atoms with Crippen LogP contribution in [0.15, 0.2) is 36.5 Å². The van der Waals surface area contributed by atoms with E-state index in [9.17, 15) is 4.79 Å². The molecule has 0 heterocycles. The van der Waals surface area contributed by atoms with Crippen molar-refractivity contribution in [3.8, 4) is 0 Å². The highest BCUT2D eigenvalue weighted by atomic mass is 16.1. The second kappa shape index (κ2) is 5.66. The number of carbonyl (C=O) groups is 1. The predicted octanol–water partition coefficient (Wildman–Crippen LogP) is 2.65. The van der Waals surface area contributed by atoms with Crippen molar-refractivity contribution in [3.63, 3.8) is 0 Å². The lowest BCUT2D eigenvalue weighted by molar-refractivity contribution is -0.114. The molecule has 0 saturated heterocycles. The minimum absolute atomic E-state index is 0.137. The molecule has 0 aromatic heterocycles. The van der Waals surface area contributed by atoms with Gasteiger partial charge >= 0.3 is 0 Å². The van der Waals surface area contributed by atoms with E-state index in [2.05, 4.69) is 6.58 Å². The van der Waals surface area contributed by atoms with Crippen LogP contribution >= 0.6 is 0 Å². The van der Waals surface area contributed by atoms with Gasteiger partial charge in [0.25, 0.3) is 0 Å². The molecule has 0 amide bonds. The average Bonchev–Trinajstić information content (AvgIpc) is 2.05. The summed E-state index contributed by atoms with van der Waals surface area (Å²) in [5, 5.41) is 0. The molecule has 0 rings (SSSR count). The minimum Gasteiger partial charge on any atom is -0.294 e. The summed E-state index contributed by atoms with van der Waals surface area (Å²) in [4.78, 5) is 11.1. The molecule has 0 aliphatic carbocycles. The maximum atomic E-state index is 11.1. The first-order valence-electron chi connectivity index (χ1n) is 3.74. The van der Waals surface area contributed by atoms with Gasteiger partial charge in [-0.05, 0) is 6.92 Å². The van der Waals surface area contributed by atoms with Gasteiger partial charge in [0.15, 0.2) is 5.78 Å². The quantitative estimate of drug-likeness (QED) is 0.445. The largest absolute Gasteiger partial charge is 0.294 e. The molecule has 0 aromatic carbocycles. The first-order valence-corrected chi connectivity index (χ1v) is 3.74. The van der Waals surface area contributed by atoms with Crippen LogP contribution in [0, 0.1) is 0 Å². The monoisotopic (exact) mass is 150 g/mol. The Hall–Kier alpha value is -1.11. The Bertz CT molecular complexity index is 197. The summed E-state index contributed by atoms with van der Waals surface area (Å²) >= 11 is 0. The van der Waals surface area contributed by atoms with Gasteiger partial charge in [-0.2, -0.15) is 0 Å². The second-order valence-electron chi connectivity index (χ2n) is 2.13. The molecule has 0 spiro atoms. The lowest BCUT2D eigenvalue weighted by Crippen LogP contribution is -1.96. The maximum absolute atomic E-state index is 11.1. The molecule has 0 aliphatic heterocycles. The lowest BCUT2D eigenvalue weighted by Gasteiger charge is -1.94. The van der Waals surface area contributed by atoms with Crippen molar-refractivity contribution in [2.45, 2.75) is 20.3 Å². The third-order valence-electron chi connectivity index (χ3n) is 1.33. The normalized spacial score (nSPS) is 12.0. The van der Waals surface area contributed by atoms with E-state index in [0.29, 0.717) is 12.0 Å². The van der Waals surface area contributed by atoms with Crippen LogP contribution in [0.1, 0.15) is 20.3 Å². The Morgan fingerprint density at radius 2 is 2.18 bits per heavy atom. The zero-order valence-electron chi connectivity index (χ0n) is 7.13. The van der Waals surface area contributed by atoms with Gasteiger partial charge in [0.2, 0.25) is 0 Å². The summed E-state index contributed by atoms with van der Waals surface area (Å²) in [5.74, 6) is 0.137. The van der Waals surface area contributed by atoms with Crippen molar-refractivity contribution in [3.05, 3.63) is 36.5 Å². The summed E-state index contributed by atoms with van der Waals surface area (Å²) in [5.41, 5.74) is 0.686. The molecule has 1 nitrogen and oxygen atoms in total. The standard InChI is InChI=1S/C10H14O/c1-4-7-8-9(5-2)10(11)6-3/h4-5,7-8H,2,6H2,1,3H3/b7-4-,9-8+. The van der Waals surface area contributed by atoms with Crippen LogP contribution < -0.4 is 0 Å². The lowest BCUT2D eigenvalue weighted by atomic mass is 10.1. The van der Waals surface area contributed by atoms with Crippen LogP contribution in [0.4, 0.5) is 0 Å². The third-order valence-corrected chi connectivity index (χ3v) is 1.33. The number of allylic oxidation sites excluding steroid dienone is 5. The first kappa shape index (κ1) is 9.89. The van der Waals surface area contributed by atoms with E-state index in [1.807, 2.05) is 26.0 Å². The van der Waals surface area contributed by atoms with Gasteiger partial charge in [0, 0.05) is 12.0 Å². The molecule has 60 valence electrons. The summed E-state index contributed by atoms with van der Waals surface area (Å²) < 4.78 is 0. The van der Waals surface area contributed by atoms with Gasteiger partial charge in [-0.25, -0.2) is 0 Å². The minimum atomic E-state index is 0.137. The summed E-state index contributed by atoms with van der Waals surface area (Å²) in [6.45, 7) is 7.31. The van der Waals surface area contributed by atoms with Crippen LogP contribution in [0.25, 0.3) is 0 Å². The highest BCUT2D eigenvalue weighted by molar-refractivity contribution is 5.97. The summed E-state index contributed by atoms with van der Waals surface area (Å²) in [7, 11) is 0. The predicted molar refractivity (Wildman–Crippen MR) is 48.4 cm³/mol. The van der Waals surface area contributed by atoms with E-state index in [4.69, 9.17) is 0 Å². The Balaban J connectivity index is 4.38. The zero-order chi connectivity index (χ0) is 8.69. The van der Waals surface area contributed by atoms with Crippen molar-refractivity contribution in [1.82, 2.24) is 0 Å². The highest BCUT2D eigenvalue weighted by Crippen LogP contribution is 2.00. The van der Waals surface area contributed by atoms with E-state index < -0.39 is 0 Å². The Morgan fingerprint density at radius 1 is 1.55 bits per heavy atom. The molecule has 0 unspecified atom stereocenters. The Labute approximate surface area is 68.1 Å². The molecule has 0 radical (unpaired) electrons. The number of hydrogen-bond acceptors (Lipinski definition) is 1. The van der Waals surface area contributed by atoms with Crippen molar-refractivity contribution in [2.24, 2.45) is 0 Å². The Morgan fingerprint density at radius 3 is 2.55 bits per heavy atom. The highest BCUT2D eigenvalue weighted by Gasteiger charge is 1.99. The summed E-state index contributed by atoms with van der Waals surface area (Å²) in [6, 6.07) is 0. The SMILES string of the molecule is C=C/C(=C\C=C/C)C(=O)CC. The fourth-order valence-electron chi connectivity index (χ4n) is 0.679. The van der Waals surface area contributed by atoms with Gasteiger partial charge in [-0.3, -0.25) is 4.79 Å². The van der Waals surface area contributed by atoms with Crippen LogP contribution in [0.2, 0.25) is 0 Å². The fourth-order valence-corrected chi connectivity index (χ4v) is 0.679. The molecular weight excluding hydrogens is 136 g/mol. The third kappa shape index (κ3) is 3.56. The van der Waals surface area contributed by atoms with Crippen LogP contribution in [-0.2, 0) is 4.79 Å². The fraction of sp³-hybridized carbons (Fsp3) is 0.300. The number of rotatable bonds is 4. The molecule has 0 aliphatic rings. The van der Waals surface area contributed by atoms with E-state index in [0.717, 1.165) is 0 Å². The number of ketones is 1. The summed E-state index contributed by atoms with van der Waals surface area (Å²) in [6.07, 6.45) is 7.62. The van der Waals surface area contributed by atoms with E-state index in [-0.39, 0.29) is 5.78 Å². The van der Waals surface area contributed by atoms with E-state index >= 15 is 0 Å². The molecule has 0 saturated carbocycles. The first-order chi connectivity index (χ1) is 5.26. The zero-order valence-corrected chi connectivity index (χ0v) is 7.13. The maximum Gasteiger partial charge on any atom is 0.162 e. The molecule has 0 bridgehead atoms. The smallest absolute Gasteiger partial charge is 0.162 e. The second-order valence-corrected chi connectivity index (χ2v) is 2.13. The van der Waals surface area contributed by atoms with E-state index in [1.165, 1.54) is 0 Å². The van der Waals surface area contributed by atoms with Gasteiger partial charge in [0.05, 0.1) is 0 Å². The van der Waals surface area contributed by atoms with Crippen LogP contribution in [0.3, 0.4) is 0 Å². The molecule has 0 N–H and O–H groups in total. The van der Waals surface area contributed by atoms with Gasteiger partial charge in [-0.15, -0.1) is 0 Å². The van der Waals surface area contributed by atoms with Crippen molar-refractivity contribution >= 4 is 5.78 Å². The van der Waals surface area contributed by atoms with E-state index in [1.54, 1.807) is 12.2 Å². The number of Topliss-reactive ketones (excluding diaryl/α,β-unsaturated/α-hetero) is 1. The van der Waals surface area contributed by atoms with Crippen molar-refractivity contribution in [2.75, 3.05) is 0 Å². The molecule has 1 heteroatoms. The van der Waals surface area contributed by atoms with Crippen molar-refractivity contribution in [1.29, 1.82) is 0 Å². The van der Waals surface area contributed by atoms with Crippen LogP contribution in [-0.4, -0.2) is 5.78 Å². The number of hydrogen-bond donors (Lipinski definition) is 0. The van der Waals surface area contributed by atoms with Gasteiger partial charge in [0.1, 0.15) is 0 Å². The molecule has 0 fully saturated rings. The van der Waals surface area contributed by atoms with Crippen LogP contribution in [0.5, 0.6) is 0 Å². The molecule has 11 heavy (non-hydrogen) atoms. The van der Waals surface area contributed by atoms with Crippen molar-refractivity contribution < 1.29 is 4.79 Å². The van der Waals surface area contributed by atoms with Gasteiger partial charge < -0.3 is 0 Å². The number of carbonyl (C=O) groups excluding carboxylic acids is 1. The molecular formula is C10H14O. The van der Waals surface area contributed by atoms with Gasteiger partial charge in [-0.1, -0.05) is 37.8 Å². The topological polar surface area (TPSA) is 17.1 Å². The molecule has 0 aromatic rings. The Kier molecular flexibility index (Phi) is 5.09. The molecule has 0 atom stereocenters.